The molecule has 1 aliphatic rings. The lowest BCUT2D eigenvalue weighted by molar-refractivity contribution is 0.180. The van der Waals surface area contributed by atoms with Crippen molar-refractivity contribution in [3.05, 3.63) is 18.2 Å². The van der Waals surface area contributed by atoms with Gasteiger partial charge in [0.15, 0.2) is 0 Å². The molecule has 0 bridgehead atoms. The Morgan fingerprint density at radius 3 is 3.17 bits per heavy atom. The van der Waals surface area contributed by atoms with Crippen LogP contribution in [0.4, 0.5) is 0 Å². The second-order valence-electron chi connectivity index (χ2n) is 4.88. The Morgan fingerprint density at radius 2 is 2.50 bits per heavy atom. The molecule has 0 amide bonds. The third-order valence-corrected chi connectivity index (χ3v) is 4.67. The number of hydrogen-bond acceptors (Lipinski definition) is 4. The Balaban J connectivity index is 2.06. The molecular weight excluding hydrogens is 246 g/mol. The molecular formula is C13H23N3OS. The van der Waals surface area contributed by atoms with Crippen molar-refractivity contribution in [3.63, 3.8) is 0 Å². The van der Waals surface area contributed by atoms with Crippen LogP contribution < -0.4 is 5.73 Å². The fourth-order valence-electron chi connectivity index (χ4n) is 2.39. The van der Waals surface area contributed by atoms with Gasteiger partial charge in [-0.2, -0.15) is 11.8 Å². The van der Waals surface area contributed by atoms with Gasteiger partial charge in [0.25, 0.3) is 0 Å². The maximum Gasteiger partial charge on any atom is 0.0951 e. The highest BCUT2D eigenvalue weighted by molar-refractivity contribution is 7.99. The van der Waals surface area contributed by atoms with E-state index in [1.54, 1.807) is 0 Å². The summed E-state index contributed by atoms with van der Waals surface area (Å²) in [5, 5.41) is 0. The third-order valence-electron chi connectivity index (χ3n) is 3.55. The van der Waals surface area contributed by atoms with E-state index in [4.69, 9.17) is 10.5 Å². The van der Waals surface area contributed by atoms with E-state index in [9.17, 15) is 0 Å². The fraction of sp³-hybridized carbons (Fsp3) is 0.769. The van der Waals surface area contributed by atoms with Crippen LogP contribution in [0.5, 0.6) is 0 Å². The topological polar surface area (TPSA) is 53.1 Å². The first kappa shape index (κ1) is 13.9. The van der Waals surface area contributed by atoms with E-state index in [-0.39, 0.29) is 6.04 Å². The van der Waals surface area contributed by atoms with E-state index in [1.165, 1.54) is 0 Å². The number of rotatable bonds is 6. The first-order valence-corrected chi connectivity index (χ1v) is 7.82. The van der Waals surface area contributed by atoms with Gasteiger partial charge >= 0.3 is 0 Å². The van der Waals surface area contributed by atoms with Gasteiger partial charge in [-0.25, -0.2) is 4.98 Å². The lowest BCUT2D eigenvalue weighted by Crippen LogP contribution is -2.25. The van der Waals surface area contributed by atoms with Gasteiger partial charge < -0.3 is 15.0 Å². The van der Waals surface area contributed by atoms with Gasteiger partial charge in [0.2, 0.25) is 0 Å². The molecule has 1 aromatic rings. The number of aromatic nitrogens is 2. The molecule has 4 nitrogen and oxygen atoms in total. The van der Waals surface area contributed by atoms with Gasteiger partial charge in [0, 0.05) is 30.5 Å². The number of thioether (sulfide) groups is 1. The van der Waals surface area contributed by atoms with Crippen molar-refractivity contribution in [3.8, 4) is 0 Å². The molecule has 0 spiro atoms. The van der Waals surface area contributed by atoms with Gasteiger partial charge in [-0.15, -0.1) is 0 Å². The average Bonchev–Trinajstić information content (AvgIpc) is 3.04. The molecule has 1 aliphatic heterocycles. The normalized spacial score (nSPS) is 23.2. The van der Waals surface area contributed by atoms with Gasteiger partial charge in [-0.1, -0.05) is 6.92 Å². The predicted octanol–water partition coefficient (Wildman–Crippen LogP) is 2.23. The van der Waals surface area contributed by atoms with Crippen LogP contribution in [0, 0.1) is 5.92 Å². The number of nitrogens with zero attached hydrogens (tertiary/aromatic N) is 2. The van der Waals surface area contributed by atoms with Crippen molar-refractivity contribution in [2.75, 3.05) is 24.7 Å². The molecule has 2 N–H and O–H groups in total. The second kappa shape index (κ2) is 6.59. The number of imidazole rings is 1. The van der Waals surface area contributed by atoms with Crippen LogP contribution in [0.2, 0.25) is 0 Å². The lowest BCUT2D eigenvalue weighted by Gasteiger charge is -2.22. The minimum absolute atomic E-state index is 0.0454. The summed E-state index contributed by atoms with van der Waals surface area (Å²) in [5.74, 6) is 2.69. The monoisotopic (exact) mass is 269 g/mol. The van der Waals surface area contributed by atoms with Crippen LogP contribution >= 0.6 is 11.8 Å². The Hall–Kier alpha value is -0.520. The first-order valence-electron chi connectivity index (χ1n) is 6.66. The molecule has 1 fully saturated rings. The molecule has 2 heterocycles. The minimum atomic E-state index is 0.0454. The van der Waals surface area contributed by atoms with Crippen LogP contribution in [0.25, 0.3) is 0 Å². The zero-order valence-corrected chi connectivity index (χ0v) is 12.0. The number of hydrogen-bond donors (Lipinski definition) is 1. The fourth-order valence-corrected chi connectivity index (χ4v) is 3.12. The Bertz CT molecular complexity index is 363. The summed E-state index contributed by atoms with van der Waals surface area (Å²) in [6, 6.07) is 0.491. The molecule has 3 unspecified atom stereocenters. The summed E-state index contributed by atoms with van der Waals surface area (Å²) in [7, 11) is 0. The summed E-state index contributed by atoms with van der Waals surface area (Å²) in [6.07, 6.45) is 4.88. The number of ether oxygens (including phenoxy) is 1. The molecule has 0 saturated carbocycles. The zero-order valence-electron chi connectivity index (χ0n) is 11.2. The van der Waals surface area contributed by atoms with Crippen molar-refractivity contribution in [1.29, 1.82) is 0 Å². The highest BCUT2D eigenvalue weighted by Gasteiger charge is 2.27. The smallest absolute Gasteiger partial charge is 0.0951 e. The van der Waals surface area contributed by atoms with E-state index < -0.39 is 0 Å². The first-order chi connectivity index (χ1) is 8.74. The van der Waals surface area contributed by atoms with E-state index in [0.717, 1.165) is 36.8 Å². The molecule has 18 heavy (non-hydrogen) atoms. The Kier molecular flexibility index (Phi) is 5.09. The molecule has 2 rings (SSSR count). The Labute approximate surface area is 113 Å². The average molecular weight is 269 g/mol. The van der Waals surface area contributed by atoms with Crippen LogP contribution in [-0.4, -0.2) is 34.3 Å². The van der Waals surface area contributed by atoms with Crippen molar-refractivity contribution in [1.82, 2.24) is 9.55 Å². The largest absolute Gasteiger partial charge is 0.381 e. The summed E-state index contributed by atoms with van der Waals surface area (Å²) in [5.41, 5.74) is 7.51. The van der Waals surface area contributed by atoms with Gasteiger partial charge in [-0.05, 0) is 19.1 Å². The SMILES string of the molecule is CCSCC(C)n1cncc1C(N)C1CCOC1. The quantitative estimate of drug-likeness (QED) is 0.860. The minimum Gasteiger partial charge on any atom is -0.381 e. The van der Waals surface area contributed by atoms with Crippen molar-refractivity contribution < 1.29 is 4.74 Å². The highest BCUT2D eigenvalue weighted by atomic mass is 32.2. The molecule has 1 aromatic heterocycles. The third kappa shape index (κ3) is 3.08. The molecule has 102 valence electrons. The molecule has 0 aromatic carbocycles. The van der Waals surface area contributed by atoms with E-state index in [2.05, 4.69) is 23.4 Å². The van der Waals surface area contributed by atoms with E-state index >= 15 is 0 Å². The van der Waals surface area contributed by atoms with E-state index in [1.807, 2.05) is 24.3 Å². The summed E-state index contributed by atoms with van der Waals surface area (Å²) in [6.45, 7) is 6.04. The van der Waals surface area contributed by atoms with Crippen LogP contribution in [0.15, 0.2) is 12.5 Å². The maximum atomic E-state index is 6.36. The molecule has 0 radical (unpaired) electrons. The molecule has 5 heteroatoms. The van der Waals surface area contributed by atoms with Crippen LogP contribution in [0.3, 0.4) is 0 Å². The van der Waals surface area contributed by atoms with Crippen LogP contribution in [-0.2, 0) is 4.74 Å². The summed E-state index contributed by atoms with van der Waals surface area (Å²) in [4.78, 5) is 4.28. The van der Waals surface area contributed by atoms with Crippen LogP contribution in [0.1, 0.15) is 38.0 Å². The van der Waals surface area contributed by atoms with Crippen molar-refractivity contribution in [2.45, 2.75) is 32.4 Å². The molecule has 0 aliphatic carbocycles. The molecule has 1 saturated heterocycles. The zero-order chi connectivity index (χ0) is 13.0. The predicted molar refractivity (Wildman–Crippen MR) is 75.8 cm³/mol. The summed E-state index contributed by atoms with van der Waals surface area (Å²) < 4.78 is 7.66. The number of nitrogens with two attached hydrogens (primary N) is 1. The molecule has 3 atom stereocenters. The lowest BCUT2D eigenvalue weighted by atomic mass is 9.97. The maximum absolute atomic E-state index is 6.36. The highest BCUT2D eigenvalue weighted by Crippen LogP contribution is 2.28. The van der Waals surface area contributed by atoms with E-state index in [0.29, 0.717) is 12.0 Å². The standard InChI is InChI=1S/C13H23N3OS/c1-3-18-8-10(2)16-9-15-6-12(16)13(14)11-4-5-17-7-11/h6,9-11,13H,3-5,7-8,14H2,1-2H3. The Morgan fingerprint density at radius 1 is 1.67 bits per heavy atom. The summed E-state index contributed by atoms with van der Waals surface area (Å²) >= 11 is 1.95. The second-order valence-corrected chi connectivity index (χ2v) is 6.20. The van der Waals surface area contributed by atoms with Gasteiger partial charge in [0.05, 0.1) is 24.7 Å². The van der Waals surface area contributed by atoms with Crippen molar-refractivity contribution in [2.24, 2.45) is 11.7 Å². The van der Waals surface area contributed by atoms with Crippen molar-refractivity contribution >= 4 is 11.8 Å². The van der Waals surface area contributed by atoms with Gasteiger partial charge in [0.1, 0.15) is 0 Å². The van der Waals surface area contributed by atoms with Gasteiger partial charge in [-0.3, -0.25) is 0 Å².